The van der Waals surface area contributed by atoms with Crippen molar-refractivity contribution in [1.82, 2.24) is 0 Å². The van der Waals surface area contributed by atoms with Gasteiger partial charge >= 0.3 is 5.97 Å². The van der Waals surface area contributed by atoms with Gasteiger partial charge in [-0.2, -0.15) is 0 Å². The van der Waals surface area contributed by atoms with E-state index in [4.69, 9.17) is 4.74 Å². The van der Waals surface area contributed by atoms with E-state index >= 15 is 0 Å². The zero-order chi connectivity index (χ0) is 29.5. The second-order valence-corrected chi connectivity index (χ2v) is 13.4. The van der Waals surface area contributed by atoms with Crippen molar-refractivity contribution in [2.75, 3.05) is 0 Å². The van der Waals surface area contributed by atoms with Crippen LogP contribution in [-0.4, -0.2) is 55.3 Å². The molecule has 214 valence electrons. The van der Waals surface area contributed by atoms with Crippen LogP contribution in [0.1, 0.15) is 84.4 Å². The molecule has 0 aliphatic heterocycles. The third-order valence-electron chi connectivity index (χ3n) is 10.6. The minimum Gasteiger partial charge on any atom is -0.504 e. The third kappa shape index (κ3) is 4.05. The predicted molar refractivity (Wildman–Crippen MR) is 144 cm³/mol. The van der Waals surface area contributed by atoms with Gasteiger partial charge in [0.05, 0.1) is 11.5 Å². The Kier molecular flexibility index (Phi) is 6.68. The van der Waals surface area contributed by atoms with Gasteiger partial charge in [0.2, 0.25) is 0 Å². The second kappa shape index (κ2) is 8.90. The van der Waals surface area contributed by atoms with Crippen LogP contribution >= 0.6 is 0 Å². The van der Waals surface area contributed by atoms with E-state index in [1.165, 1.54) is 32.1 Å². The van der Waals surface area contributed by atoms with E-state index in [2.05, 4.69) is 0 Å². The first-order valence-corrected chi connectivity index (χ1v) is 13.7. The Morgan fingerprint density at radius 3 is 2.33 bits per heavy atom. The van der Waals surface area contributed by atoms with Crippen LogP contribution in [0.3, 0.4) is 0 Å². The molecule has 8 nitrogen and oxygen atoms in total. The Morgan fingerprint density at radius 1 is 1.13 bits per heavy atom. The molecule has 39 heavy (non-hydrogen) atoms. The summed E-state index contributed by atoms with van der Waals surface area (Å²) in [5, 5.41) is 44.0. The van der Waals surface area contributed by atoms with Gasteiger partial charge in [-0.15, -0.1) is 0 Å². The minimum atomic E-state index is -1.99. The topological polar surface area (TPSA) is 141 Å². The van der Waals surface area contributed by atoms with Crippen molar-refractivity contribution >= 4 is 17.5 Å². The monoisotopic (exact) mass is 542 g/mol. The summed E-state index contributed by atoms with van der Waals surface area (Å²) in [5.41, 5.74) is -3.41. The summed E-state index contributed by atoms with van der Waals surface area (Å²) in [7, 11) is 0. The number of ketones is 2. The fourth-order valence-electron chi connectivity index (χ4n) is 8.61. The smallest absolute Gasteiger partial charge is 0.303 e. The number of aromatic hydroxyl groups is 2. The third-order valence-corrected chi connectivity index (χ3v) is 10.6. The summed E-state index contributed by atoms with van der Waals surface area (Å²) in [5.74, 6) is -2.80. The van der Waals surface area contributed by atoms with Gasteiger partial charge in [-0.05, 0) is 106 Å². The van der Waals surface area contributed by atoms with E-state index in [-0.39, 0.29) is 29.6 Å². The van der Waals surface area contributed by atoms with Crippen molar-refractivity contribution in [3.8, 4) is 11.5 Å². The van der Waals surface area contributed by atoms with Crippen LogP contribution in [0.5, 0.6) is 11.5 Å². The zero-order valence-electron chi connectivity index (χ0n) is 24.2. The van der Waals surface area contributed by atoms with E-state index in [0.717, 1.165) is 5.56 Å². The Balaban J connectivity index is 1.76. The maximum atomic E-state index is 14.2. The molecule has 0 radical (unpaired) electrons. The lowest BCUT2D eigenvalue weighted by molar-refractivity contribution is -0.168. The number of ether oxygens (including phenoxy) is 1. The Bertz CT molecular complexity index is 1280. The van der Waals surface area contributed by atoms with E-state index in [1.54, 1.807) is 20.8 Å². The number of aliphatic hydroxyl groups excluding tert-OH is 1. The molecule has 3 aliphatic carbocycles. The van der Waals surface area contributed by atoms with E-state index in [0.29, 0.717) is 30.4 Å². The molecule has 0 aromatic heterocycles. The Hall–Kier alpha value is -2.71. The van der Waals surface area contributed by atoms with Crippen LogP contribution in [0.2, 0.25) is 0 Å². The molecule has 1 aromatic rings. The number of phenolic OH excluding ortho intramolecular Hbond substituents is 2. The van der Waals surface area contributed by atoms with Crippen molar-refractivity contribution in [1.29, 1.82) is 0 Å². The van der Waals surface area contributed by atoms with Crippen molar-refractivity contribution in [2.24, 2.45) is 22.7 Å². The molecule has 8 heteroatoms. The number of carbonyl (C=O) groups is 3. The number of esters is 1. The second-order valence-electron chi connectivity index (χ2n) is 13.4. The molecule has 0 spiro atoms. The molecule has 0 heterocycles. The number of aliphatic hydroxyl groups is 2. The maximum absolute atomic E-state index is 14.2. The molecule has 3 aliphatic rings. The van der Waals surface area contributed by atoms with Crippen LogP contribution in [-0.2, 0) is 31.0 Å². The van der Waals surface area contributed by atoms with Gasteiger partial charge in [-0.25, -0.2) is 0 Å². The molecule has 1 aromatic carbocycles. The molecule has 2 fully saturated rings. The van der Waals surface area contributed by atoms with Gasteiger partial charge in [0.1, 0.15) is 17.0 Å². The maximum Gasteiger partial charge on any atom is 0.303 e. The van der Waals surface area contributed by atoms with Gasteiger partial charge < -0.3 is 25.2 Å². The van der Waals surface area contributed by atoms with Crippen LogP contribution in [0.15, 0.2) is 18.2 Å². The quantitative estimate of drug-likeness (QED) is 0.250. The predicted octanol–water partition coefficient (Wildman–Crippen LogP) is 3.81. The molecule has 0 amide bonds. The highest BCUT2D eigenvalue weighted by Crippen LogP contribution is 2.72. The van der Waals surface area contributed by atoms with E-state index in [9.17, 15) is 34.8 Å². The molecular formula is C31H42O8. The van der Waals surface area contributed by atoms with Crippen molar-refractivity contribution in [3.05, 3.63) is 34.9 Å². The number of fused-ring (bicyclic) bond motifs is 5. The summed E-state index contributed by atoms with van der Waals surface area (Å²) in [6.07, 6.45) is 3.12. The van der Waals surface area contributed by atoms with Crippen molar-refractivity contribution in [3.63, 3.8) is 0 Å². The summed E-state index contributed by atoms with van der Waals surface area (Å²) in [6, 6.07) is 1.51. The first-order valence-electron chi connectivity index (χ1n) is 13.7. The lowest BCUT2D eigenvalue weighted by atomic mass is 9.41. The Morgan fingerprint density at radius 2 is 1.74 bits per heavy atom. The van der Waals surface area contributed by atoms with Gasteiger partial charge in [0.25, 0.3) is 0 Å². The number of carbonyl (C=O) groups excluding carboxylic acids is 3. The number of phenols is 2. The standard InChI is InChI=1S/C31H42O8/c1-16-18-9-10-22-28(5)14-21(34)26(31(8,38)23(35)11-12-27(3,4)39-17(2)32)29(28,6)15-24(36)30(22,7)19(18)13-20(33)25(16)37/h11-13,21-22,26,33-34,37-38H,9-10,14-15H2,1-8H3/b12-11+/t21-,22+,26+,28+,29-,30-,31+/m1/s1. The molecule has 0 bridgehead atoms. The molecule has 7 atom stereocenters. The molecule has 4 N–H and O–H groups in total. The van der Waals surface area contributed by atoms with Gasteiger partial charge in [-0.1, -0.05) is 13.8 Å². The van der Waals surface area contributed by atoms with Gasteiger partial charge in [-0.3, -0.25) is 14.4 Å². The molecule has 2 saturated carbocycles. The molecule has 4 rings (SSSR count). The minimum absolute atomic E-state index is 0.0322. The summed E-state index contributed by atoms with van der Waals surface area (Å²) >= 11 is 0. The zero-order valence-corrected chi connectivity index (χ0v) is 24.2. The molecule has 0 saturated heterocycles. The SMILES string of the molecule is CC(=O)OC(C)(C)/C=C/C(=O)[C@](C)(O)[C@H]1[C@H](O)C[C@@]2(C)[C@@H]3CCc4c(cc(O)c(O)c4C)[C@@]3(C)C(=O)C[C@]12C. The Labute approximate surface area is 230 Å². The fraction of sp³-hybridized carbons (Fsp3) is 0.645. The van der Waals surface area contributed by atoms with Gasteiger partial charge in [0.15, 0.2) is 17.3 Å². The van der Waals surface area contributed by atoms with Crippen LogP contribution in [0.4, 0.5) is 0 Å². The normalized spacial score (nSPS) is 35.6. The average Bonchev–Trinajstić information content (AvgIpc) is 3.00. The summed E-state index contributed by atoms with van der Waals surface area (Å²) in [4.78, 5) is 39.0. The largest absolute Gasteiger partial charge is 0.504 e. The van der Waals surface area contributed by atoms with Crippen LogP contribution in [0.25, 0.3) is 0 Å². The van der Waals surface area contributed by atoms with Gasteiger partial charge in [0, 0.05) is 19.3 Å². The van der Waals surface area contributed by atoms with Crippen LogP contribution < -0.4 is 0 Å². The lowest BCUT2D eigenvalue weighted by Crippen LogP contribution is -2.63. The van der Waals surface area contributed by atoms with Crippen LogP contribution in [0, 0.1) is 29.6 Å². The number of rotatable bonds is 5. The summed E-state index contributed by atoms with van der Waals surface area (Å²) < 4.78 is 5.22. The number of hydrogen-bond acceptors (Lipinski definition) is 8. The lowest BCUT2D eigenvalue weighted by Gasteiger charge is -2.61. The highest BCUT2D eigenvalue weighted by atomic mass is 16.6. The number of hydrogen-bond donors (Lipinski definition) is 4. The number of benzene rings is 1. The van der Waals surface area contributed by atoms with Crippen molar-refractivity contribution < 1.29 is 39.5 Å². The van der Waals surface area contributed by atoms with E-state index in [1.807, 2.05) is 20.8 Å². The number of Topliss-reactive ketones (excluding diaryl/α,β-unsaturated/α-hetero) is 1. The first-order chi connectivity index (χ1) is 17.7. The fourth-order valence-corrected chi connectivity index (χ4v) is 8.61. The highest BCUT2D eigenvalue weighted by molar-refractivity contribution is 5.98. The molecular weight excluding hydrogens is 500 g/mol. The average molecular weight is 543 g/mol. The van der Waals surface area contributed by atoms with Crippen molar-refractivity contribution in [2.45, 2.75) is 104 Å². The molecule has 0 unspecified atom stereocenters. The van der Waals surface area contributed by atoms with E-state index < -0.39 is 51.2 Å². The first kappa shape index (κ1) is 29.3. The highest BCUT2D eigenvalue weighted by Gasteiger charge is 2.73. The summed E-state index contributed by atoms with van der Waals surface area (Å²) in [6.45, 7) is 13.5.